The molecule has 1 heterocycles. The fraction of sp³-hybridized carbons (Fsp3) is 0.412. The summed E-state index contributed by atoms with van der Waals surface area (Å²) in [4.78, 5) is 12.0. The molecular weight excluding hydrogens is 280 g/mol. The zero-order valence-electron chi connectivity index (χ0n) is 13.7. The molecule has 0 spiro atoms. The Morgan fingerprint density at radius 3 is 2.68 bits per heavy atom. The van der Waals surface area contributed by atoms with Crippen molar-refractivity contribution in [1.82, 2.24) is 5.01 Å². The quantitative estimate of drug-likeness (QED) is 0.802. The van der Waals surface area contributed by atoms with Gasteiger partial charge in [-0.1, -0.05) is 12.1 Å². The second-order valence-corrected chi connectivity index (χ2v) is 6.14. The molecular formula is C17H22N2O3. The lowest BCUT2D eigenvalue weighted by molar-refractivity contribution is -0.113. The van der Waals surface area contributed by atoms with E-state index >= 15 is 0 Å². The molecule has 0 aromatic heterocycles. The molecule has 0 aliphatic carbocycles. The van der Waals surface area contributed by atoms with E-state index in [2.05, 4.69) is 5.10 Å². The maximum atomic E-state index is 12.0. The van der Waals surface area contributed by atoms with Gasteiger partial charge in [0.2, 0.25) is 5.90 Å². The van der Waals surface area contributed by atoms with Crippen LogP contribution in [0.4, 0.5) is 0 Å². The second kappa shape index (κ2) is 6.22. The van der Waals surface area contributed by atoms with Crippen LogP contribution in [0.25, 0.3) is 6.08 Å². The van der Waals surface area contributed by atoms with Gasteiger partial charge in [-0.15, -0.1) is 5.10 Å². The number of ketones is 1. The van der Waals surface area contributed by atoms with Crippen LogP contribution in [0.1, 0.15) is 33.3 Å². The van der Waals surface area contributed by atoms with Gasteiger partial charge in [0.15, 0.2) is 12.5 Å². The molecule has 1 aliphatic rings. The Balaban J connectivity index is 2.35. The molecule has 0 radical (unpaired) electrons. The summed E-state index contributed by atoms with van der Waals surface area (Å²) in [5, 5.41) is 6.25. The predicted molar refractivity (Wildman–Crippen MR) is 86.6 cm³/mol. The van der Waals surface area contributed by atoms with Gasteiger partial charge >= 0.3 is 0 Å². The van der Waals surface area contributed by atoms with Crippen molar-refractivity contribution >= 4 is 17.8 Å². The van der Waals surface area contributed by atoms with E-state index in [-0.39, 0.29) is 11.3 Å². The van der Waals surface area contributed by atoms with Gasteiger partial charge in [0, 0.05) is 0 Å². The SMILES string of the molecule is COc1cccc(C=C(C(C)=O)C2=NN(C(C)(C)C)CO2)c1. The number of hydrogen-bond donors (Lipinski definition) is 0. The van der Waals surface area contributed by atoms with Gasteiger partial charge in [-0.25, -0.2) is 0 Å². The number of rotatable bonds is 4. The number of methoxy groups -OCH3 is 1. The van der Waals surface area contributed by atoms with Crippen molar-refractivity contribution in [2.45, 2.75) is 33.2 Å². The molecule has 1 aromatic carbocycles. The molecule has 0 N–H and O–H groups in total. The fourth-order valence-electron chi connectivity index (χ4n) is 1.98. The number of carbonyl (C=O) groups is 1. The van der Waals surface area contributed by atoms with Crippen molar-refractivity contribution in [3.63, 3.8) is 0 Å². The van der Waals surface area contributed by atoms with Gasteiger partial charge in [0.25, 0.3) is 0 Å². The topological polar surface area (TPSA) is 51.1 Å². The minimum atomic E-state index is -0.153. The molecule has 0 unspecified atom stereocenters. The highest BCUT2D eigenvalue weighted by Gasteiger charge is 2.29. The predicted octanol–water partition coefficient (Wildman–Crippen LogP) is 3.07. The maximum absolute atomic E-state index is 12.0. The van der Waals surface area contributed by atoms with Crippen LogP contribution in [-0.2, 0) is 9.53 Å². The molecule has 118 valence electrons. The van der Waals surface area contributed by atoms with E-state index in [9.17, 15) is 4.79 Å². The largest absolute Gasteiger partial charge is 0.497 e. The van der Waals surface area contributed by atoms with Crippen LogP contribution < -0.4 is 4.74 Å². The van der Waals surface area contributed by atoms with Crippen LogP contribution >= 0.6 is 0 Å². The third-order valence-electron chi connectivity index (χ3n) is 3.32. The minimum Gasteiger partial charge on any atom is -0.497 e. The molecule has 5 heteroatoms. The molecule has 0 amide bonds. The van der Waals surface area contributed by atoms with E-state index in [4.69, 9.17) is 9.47 Å². The summed E-state index contributed by atoms with van der Waals surface area (Å²) in [5.74, 6) is 1.02. The highest BCUT2D eigenvalue weighted by molar-refractivity contribution is 6.21. The lowest BCUT2D eigenvalue weighted by atomic mass is 10.1. The minimum absolute atomic E-state index is 0.0858. The first-order chi connectivity index (χ1) is 10.3. The first-order valence-electron chi connectivity index (χ1n) is 7.17. The number of nitrogens with zero attached hydrogens (tertiary/aromatic N) is 2. The van der Waals surface area contributed by atoms with Gasteiger partial charge in [-0.3, -0.25) is 9.80 Å². The molecule has 0 atom stereocenters. The number of carbonyl (C=O) groups excluding carboxylic acids is 1. The standard InChI is InChI=1S/C17H22N2O3/c1-12(20)15(10-13-7-6-8-14(9-13)21-5)16-18-19(11-22-16)17(2,3)4/h6-10H,11H2,1-5H3. The van der Waals surface area contributed by atoms with E-state index in [0.717, 1.165) is 11.3 Å². The van der Waals surface area contributed by atoms with Crippen LogP contribution in [0, 0.1) is 0 Å². The zero-order valence-corrected chi connectivity index (χ0v) is 13.7. The fourth-order valence-corrected chi connectivity index (χ4v) is 1.98. The van der Waals surface area contributed by atoms with Crippen molar-refractivity contribution in [3.8, 4) is 5.75 Å². The van der Waals surface area contributed by atoms with Crippen LogP contribution in [0.5, 0.6) is 5.75 Å². The van der Waals surface area contributed by atoms with Crippen LogP contribution in [0.15, 0.2) is 34.9 Å². The molecule has 5 nitrogen and oxygen atoms in total. The van der Waals surface area contributed by atoms with Gasteiger partial charge in [-0.2, -0.15) is 0 Å². The summed E-state index contributed by atoms with van der Waals surface area (Å²) in [7, 11) is 1.61. The van der Waals surface area contributed by atoms with Crippen molar-refractivity contribution in [3.05, 3.63) is 35.4 Å². The Hall–Kier alpha value is -2.30. The van der Waals surface area contributed by atoms with Gasteiger partial charge < -0.3 is 9.47 Å². The molecule has 1 aliphatic heterocycles. The lowest BCUT2D eigenvalue weighted by Crippen LogP contribution is -2.35. The normalized spacial score (nSPS) is 15.4. The molecule has 22 heavy (non-hydrogen) atoms. The third kappa shape index (κ3) is 3.67. The van der Waals surface area contributed by atoms with Crippen molar-refractivity contribution in [1.29, 1.82) is 0 Å². The monoisotopic (exact) mass is 302 g/mol. The van der Waals surface area contributed by atoms with E-state index < -0.39 is 0 Å². The lowest BCUT2D eigenvalue weighted by Gasteiger charge is -2.27. The molecule has 0 saturated carbocycles. The van der Waals surface area contributed by atoms with Gasteiger partial charge in [0.05, 0.1) is 18.2 Å². The van der Waals surface area contributed by atoms with E-state index in [1.807, 2.05) is 50.0 Å². The van der Waals surface area contributed by atoms with Crippen LogP contribution in [0.2, 0.25) is 0 Å². The molecule has 1 aromatic rings. The van der Waals surface area contributed by atoms with E-state index in [1.165, 1.54) is 6.92 Å². The Bertz CT molecular complexity index is 627. The smallest absolute Gasteiger partial charge is 0.243 e. The molecule has 0 bridgehead atoms. The average molecular weight is 302 g/mol. The zero-order chi connectivity index (χ0) is 16.3. The summed E-state index contributed by atoms with van der Waals surface area (Å²) in [6.07, 6.45) is 1.77. The first-order valence-corrected chi connectivity index (χ1v) is 7.17. The Morgan fingerprint density at radius 1 is 1.41 bits per heavy atom. The number of benzene rings is 1. The van der Waals surface area contributed by atoms with E-state index in [0.29, 0.717) is 18.2 Å². The number of hydrazone groups is 1. The Kier molecular flexibility index (Phi) is 4.54. The summed E-state index contributed by atoms with van der Waals surface area (Å²) in [6.45, 7) is 7.99. The summed E-state index contributed by atoms with van der Waals surface area (Å²) in [5.41, 5.74) is 1.17. The summed E-state index contributed by atoms with van der Waals surface area (Å²) >= 11 is 0. The highest BCUT2D eigenvalue weighted by atomic mass is 16.5. The summed E-state index contributed by atoms with van der Waals surface area (Å²) in [6, 6.07) is 7.50. The van der Waals surface area contributed by atoms with Gasteiger partial charge in [-0.05, 0) is 51.5 Å². The van der Waals surface area contributed by atoms with E-state index in [1.54, 1.807) is 13.2 Å². The first kappa shape index (κ1) is 16.1. The van der Waals surface area contributed by atoms with Crippen LogP contribution in [-0.4, -0.2) is 36.1 Å². The average Bonchev–Trinajstić information content (AvgIpc) is 2.94. The number of hydrogen-bond acceptors (Lipinski definition) is 5. The molecule has 2 rings (SSSR count). The maximum Gasteiger partial charge on any atom is 0.243 e. The third-order valence-corrected chi connectivity index (χ3v) is 3.32. The number of Topliss-reactive ketones (excluding diaryl/α,β-unsaturated/α-hetero) is 1. The molecule has 0 saturated heterocycles. The highest BCUT2D eigenvalue weighted by Crippen LogP contribution is 2.22. The van der Waals surface area contributed by atoms with Gasteiger partial charge in [0.1, 0.15) is 5.75 Å². The van der Waals surface area contributed by atoms with Crippen molar-refractivity contribution in [2.24, 2.45) is 5.10 Å². The summed E-state index contributed by atoms with van der Waals surface area (Å²) < 4.78 is 10.8. The number of ether oxygens (including phenoxy) is 2. The second-order valence-electron chi connectivity index (χ2n) is 6.14. The van der Waals surface area contributed by atoms with Crippen molar-refractivity contribution in [2.75, 3.05) is 13.8 Å². The Morgan fingerprint density at radius 2 is 2.14 bits per heavy atom. The molecule has 0 fully saturated rings. The Labute approximate surface area is 131 Å². The van der Waals surface area contributed by atoms with Crippen molar-refractivity contribution < 1.29 is 14.3 Å². The van der Waals surface area contributed by atoms with Crippen LogP contribution in [0.3, 0.4) is 0 Å².